The molecule has 0 aliphatic rings. The van der Waals surface area contributed by atoms with Crippen LogP contribution in [0.3, 0.4) is 0 Å². The Morgan fingerprint density at radius 1 is 1.58 bits per heavy atom. The first-order chi connectivity index (χ1) is 8.97. The molecule has 0 unspecified atom stereocenters. The molecule has 1 heterocycles. The highest BCUT2D eigenvalue weighted by molar-refractivity contribution is 9.10. The summed E-state index contributed by atoms with van der Waals surface area (Å²) in [6, 6.07) is 2.20. The first-order valence-electron chi connectivity index (χ1n) is 4.95. The van der Waals surface area contributed by atoms with Gasteiger partial charge in [0.05, 0.1) is 22.0 Å². The van der Waals surface area contributed by atoms with Crippen molar-refractivity contribution in [2.75, 3.05) is 5.32 Å². The smallest absolute Gasteiger partial charge is 0.295 e. The monoisotopic (exact) mass is 365 g/mol. The average molecular weight is 367 g/mol. The van der Waals surface area contributed by atoms with E-state index in [9.17, 15) is 14.5 Å². The maximum atomic E-state index is 13.3. The van der Waals surface area contributed by atoms with Crippen molar-refractivity contribution in [1.29, 1.82) is 0 Å². The number of hydrogen-bond acceptors (Lipinski definition) is 5. The molecule has 5 nitrogen and oxygen atoms in total. The molecule has 19 heavy (non-hydrogen) atoms. The lowest BCUT2D eigenvalue weighted by Crippen LogP contribution is -2.02. The van der Waals surface area contributed by atoms with E-state index in [2.05, 4.69) is 26.2 Å². The molecule has 9 heteroatoms. The fourth-order valence-electron chi connectivity index (χ4n) is 1.38. The third-order valence-electron chi connectivity index (χ3n) is 2.21. The minimum Gasteiger partial charge on any atom is -0.374 e. The van der Waals surface area contributed by atoms with Crippen LogP contribution >= 0.6 is 38.9 Å². The van der Waals surface area contributed by atoms with Gasteiger partial charge in [0.1, 0.15) is 11.5 Å². The molecule has 0 amide bonds. The first-order valence-corrected chi connectivity index (χ1v) is 6.93. The van der Waals surface area contributed by atoms with Crippen LogP contribution < -0.4 is 5.32 Å². The number of nitro benzene ring substituents is 1. The molecule has 0 fully saturated rings. The molecular formula is C10H6BrClFN3O2S. The number of benzene rings is 1. The van der Waals surface area contributed by atoms with Crippen molar-refractivity contribution in [3.05, 3.63) is 48.1 Å². The summed E-state index contributed by atoms with van der Waals surface area (Å²) in [5, 5.41) is 13.7. The highest BCUT2D eigenvalue weighted by Gasteiger charge is 2.17. The molecular weight excluding hydrogens is 361 g/mol. The number of nitro groups is 1. The van der Waals surface area contributed by atoms with Crippen molar-refractivity contribution < 1.29 is 9.31 Å². The van der Waals surface area contributed by atoms with Crippen LogP contribution in [0.5, 0.6) is 0 Å². The molecule has 0 radical (unpaired) electrons. The maximum Gasteiger partial charge on any atom is 0.295 e. The van der Waals surface area contributed by atoms with E-state index in [1.807, 2.05) is 0 Å². The summed E-state index contributed by atoms with van der Waals surface area (Å²) < 4.78 is 13.8. The summed E-state index contributed by atoms with van der Waals surface area (Å²) in [6.45, 7) is 0.323. The van der Waals surface area contributed by atoms with Crippen molar-refractivity contribution in [3.63, 3.8) is 0 Å². The molecule has 0 bridgehead atoms. The Morgan fingerprint density at radius 3 is 2.89 bits per heavy atom. The van der Waals surface area contributed by atoms with Gasteiger partial charge in [-0.1, -0.05) is 11.6 Å². The van der Waals surface area contributed by atoms with Gasteiger partial charge in [-0.25, -0.2) is 9.37 Å². The summed E-state index contributed by atoms with van der Waals surface area (Å²) in [6.07, 6.45) is 1.57. The molecule has 1 N–H and O–H groups in total. The lowest BCUT2D eigenvalue weighted by molar-refractivity contribution is -0.384. The summed E-state index contributed by atoms with van der Waals surface area (Å²) in [7, 11) is 0. The lowest BCUT2D eigenvalue weighted by atomic mass is 10.2. The Bertz CT molecular complexity index is 637. The second kappa shape index (κ2) is 5.81. The van der Waals surface area contributed by atoms with Crippen LogP contribution in [0.2, 0.25) is 4.47 Å². The second-order valence-corrected chi connectivity index (χ2v) is 6.03. The molecule has 1 aromatic heterocycles. The van der Waals surface area contributed by atoms with Crippen molar-refractivity contribution in [2.45, 2.75) is 6.54 Å². The standard InChI is InChI=1S/C10H6BrClFN3O2S/c11-6-1-8(9(16(17)18)2-7(6)13)14-3-5-4-15-10(12)19-5/h1-2,4,14H,3H2. The third-order valence-corrected chi connectivity index (χ3v) is 3.94. The van der Waals surface area contributed by atoms with Crippen molar-refractivity contribution in [2.24, 2.45) is 0 Å². The van der Waals surface area contributed by atoms with Crippen LogP contribution in [0.15, 0.2) is 22.8 Å². The van der Waals surface area contributed by atoms with Gasteiger partial charge in [-0.3, -0.25) is 10.1 Å². The van der Waals surface area contributed by atoms with Crippen LogP contribution in [-0.4, -0.2) is 9.91 Å². The van der Waals surface area contributed by atoms with Gasteiger partial charge in [-0.2, -0.15) is 0 Å². The van der Waals surface area contributed by atoms with E-state index < -0.39 is 10.7 Å². The fourth-order valence-corrected chi connectivity index (χ4v) is 2.64. The highest BCUT2D eigenvalue weighted by atomic mass is 79.9. The largest absolute Gasteiger partial charge is 0.374 e. The molecule has 0 saturated carbocycles. The van der Waals surface area contributed by atoms with E-state index in [1.165, 1.54) is 17.4 Å². The number of hydrogen-bond donors (Lipinski definition) is 1. The molecule has 1 aromatic carbocycles. The molecule has 2 aromatic rings. The van der Waals surface area contributed by atoms with E-state index >= 15 is 0 Å². The molecule has 0 aliphatic carbocycles. The van der Waals surface area contributed by atoms with Crippen molar-refractivity contribution >= 4 is 50.2 Å². The topological polar surface area (TPSA) is 68.1 Å². The normalized spacial score (nSPS) is 10.5. The second-order valence-electron chi connectivity index (χ2n) is 3.47. The van der Waals surface area contributed by atoms with Crippen LogP contribution in [0.4, 0.5) is 15.8 Å². The number of rotatable bonds is 4. The van der Waals surface area contributed by atoms with Gasteiger partial charge >= 0.3 is 0 Å². The van der Waals surface area contributed by atoms with Crippen molar-refractivity contribution in [1.82, 2.24) is 4.98 Å². The van der Waals surface area contributed by atoms with Crippen LogP contribution in [-0.2, 0) is 6.54 Å². The summed E-state index contributed by atoms with van der Waals surface area (Å²) in [5.74, 6) is -0.682. The quantitative estimate of drug-likeness (QED) is 0.650. The zero-order valence-corrected chi connectivity index (χ0v) is 12.4. The predicted octanol–water partition coefficient (Wildman–Crippen LogP) is 4.22. The molecule has 0 atom stereocenters. The molecule has 0 spiro atoms. The van der Waals surface area contributed by atoms with Crippen LogP contribution in [0.1, 0.15) is 4.88 Å². The van der Waals surface area contributed by atoms with Crippen LogP contribution in [0.25, 0.3) is 0 Å². The first kappa shape index (κ1) is 14.2. The Balaban J connectivity index is 2.23. The third kappa shape index (κ3) is 3.40. The van der Waals surface area contributed by atoms with Gasteiger partial charge in [0.15, 0.2) is 4.47 Å². The maximum absolute atomic E-state index is 13.3. The molecule has 100 valence electrons. The molecule has 2 rings (SSSR count). The van der Waals surface area contributed by atoms with E-state index in [1.54, 1.807) is 6.20 Å². The van der Waals surface area contributed by atoms with Gasteiger partial charge in [-0.15, -0.1) is 11.3 Å². The number of anilines is 1. The van der Waals surface area contributed by atoms with Gasteiger partial charge < -0.3 is 5.32 Å². The highest BCUT2D eigenvalue weighted by Crippen LogP contribution is 2.31. The number of aromatic nitrogens is 1. The van der Waals surface area contributed by atoms with Gasteiger partial charge in [0.25, 0.3) is 5.69 Å². The minimum absolute atomic E-state index is 0.155. The Labute approximate surface area is 124 Å². The zero-order valence-electron chi connectivity index (χ0n) is 9.19. The minimum atomic E-state index is -0.682. The summed E-state index contributed by atoms with van der Waals surface area (Å²) >= 11 is 9.94. The zero-order chi connectivity index (χ0) is 14.0. The van der Waals surface area contributed by atoms with Crippen molar-refractivity contribution in [3.8, 4) is 0 Å². The summed E-state index contributed by atoms with van der Waals surface area (Å²) in [4.78, 5) is 14.9. The SMILES string of the molecule is O=[N+]([O-])c1cc(F)c(Br)cc1NCc1cnc(Cl)s1. The molecule has 0 aliphatic heterocycles. The Kier molecular flexibility index (Phi) is 4.33. The van der Waals surface area contributed by atoms with E-state index in [-0.39, 0.29) is 15.8 Å². The van der Waals surface area contributed by atoms with Gasteiger partial charge in [0.2, 0.25) is 0 Å². The number of halogens is 3. The van der Waals surface area contributed by atoms with E-state index in [0.717, 1.165) is 10.9 Å². The average Bonchev–Trinajstić information content (AvgIpc) is 2.76. The van der Waals surface area contributed by atoms with E-state index in [0.29, 0.717) is 11.0 Å². The Hall–Kier alpha value is -1.25. The Morgan fingerprint density at radius 2 is 2.32 bits per heavy atom. The van der Waals surface area contributed by atoms with Crippen LogP contribution in [0, 0.1) is 15.9 Å². The predicted molar refractivity (Wildman–Crippen MR) is 75.2 cm³/mol. The lowest BCUT2D eigenvalue weighted by Gasteiger charge is -2.06. The molecule has 0 saturated heterocycles. The fraction of sp³-hybridized carbons (Fsp3) is 0.100. The summed E-state index contributed by atoms with van der Waals surface area (Å²) in [5.41, 5.74) is -0.0980. The number of nitrogens with one attached hydrogen (secondary N) is 1. The van der Waals surface area contributed by atoms with Gasteiger partial charge in [0, 0.05) is 11.1 Å². The van der Waals surface area contributed by atoms with Gasteiger partial charge in [-0.05, 0) is 22.0 Å². The number of nitrogens with zero attached hydrogens (tertiary/aromatic N) is 2. The number of thiazole rings is 1. The van der Waals surface area contributed by atoms with E-state index in [4.69, 9.17) is 11.6 Å².